The number of nitrogens with two attached hydrogens (primary N) is 1. The van der Waals surface area contributed by atoms with Crippen molar-refractivity contribution in [2.75, 3.05) is 5.73 Å². The van der Waals surface area contributed by atoms with Gasteiger partial charge in [-0.05, 0) is 61.7 Å². The molecular formula is C18H12IN. The number of rotatable bonds is 0. The molecule has 20 heavy (non-hydrogen) atoms. The summed E-state index contributed by atoms with van der Waals surface area (Å²) in [5.74, 6) is 0. The van der Waals surface area contributed by atoms with Crippen LogP contribution in [0.15, 0.2) is 60.7 Å². The highest BCUT2D eigenvalue weighted by Gasteiger charge is 2.09. The van der Waals surface area contributed by atoms with E-state index in [1.807, 2.05) is 6.07 Å². The molecule has 0 spiro atoms. The molecule has 0 aromatic heterocycles. The zero-order chi connectivity index (χ0) is 13.7. The van der Waals surface area contributed by atoms with Crippen LogP contribution < -0.4 is 5.73 Å². The fraction of sp³-hybridized carbons (Fsp3) is 0. The van der Waals surface area contributed by atoms with Crippen molar-refractivity contribution in [1.82, 2.24) is 0 Å². The van der Waals surface area contributed by atoms with Crippen molar-refractivity contribution in [3.05, 3.63) is 64.2 Å². The number of halogens is 1. The van der Waals surface area contributed by atoms with Gasteiger partial charge in [-0.1, -0.05) is 48.5 Å². The van der Waals surface area contributed by atoms with Crippen molar-refractivity contribution in [2.24, 2.45) is 0 Å². The highest BCUT2D eigenvalue weighted by atomic mass is 127. The van der Waals surface area contributed by atoms with E-state index in [9.17, 15) is 0 Å². The fourth-order valence-corrected chi connectivity index (χ4v) is 3.72. The molecule has 4 aromatic carbocycles. The zero-order valence-corrected chi connectivity index (χ0v) is 12.9. The first kappa shape index (κ1) is 12.0. The van der Waals surface area contributed by atoms with Crippen molar-refractivity contribution in [2.45, 2.75) is 0 Å². The predicted octanol–water partition coefficient (Wildman–Crippen LogP) is 5.33. The number of benzene rings is 4. The summed E-state index contributed by atoms with van der Waals surface area (Å²) >= 11 is 2.42. The van der Waals surface area contributed by atoms with Gasteiger partial charge in [-0.15, -0.1) is 0 Å². The molecule has 4 aromatic rings. The standard InChI is InChI=1S/C18H12IN/c19-17-9-15-12-6-2-4-8-14(12)18(20)10-16(15)11-5-1-3-7-13(11)17/h1-10H,20H2. The number of nitrogen functional groups attached to an aromatic ring is 1. The third-order valence-electron chi connectivity index (χ3n) is 3.86. The van der Waals surface area contributed by atoms with Gasteiger partial charge < -0.3 is 5.73 Å². The van der Waals surface area contributed by atoms with Gasteiger partial charge in [0.25, 0.3) is 0 Å². The van der Waals surface area contributed by atoms with Crippen LogP contribution in [0.4, 0.5) is 5.69 Å². The number of hydrogen-bond donors (Lipinski definition) is 1. The molecule has 1 nitrogen and oxygen atoms in total. The Kier molecular flexibility index (Phi) is 2.60. The van der Waals surface area contributed by atoms with Crippen molar-refractivity contribution >= 4 is 60.6 Å². The molecule has 0 saturated carbocycles. The minimum absolute atomic E-state index is 0.847. The Balaban J connectivity index is 2.36. The minimum atomic E-state index is 0.847. The van der Waals surface area contributed by atoms with Gasteiger partial charge in [-0.2, -0.15) is 0 Å². The Morgan fingerprint density at radius 3 is 1.80 bits per heavy atom. The van der Waals surface area contributed by atoms with Crippen molar-refractivity contribution in [3.63, 3.8) is 0 Å². The normalized spacial score (nSPS) is 11.4. The highest BCUT2D eigenvalue weighted by molar-refractivity contribution is 14.1. The van der Waals surface area contributed by atoms with Gasteiger partial charge in [0.2, 0.25) is 0 Å². The Bertz CT molecular complexity index is 892. The van der Waals surface area contributed by atoms with Crippen LogP contribution in [0.2, 0.25) is 0 Å². The maximum absolute atomic E-state index is 6.25. The topological polar surface area (TPSA) is 26.0 Å². The number of hydrogen-bond acceptors (Lipinski definition) is 1. The van der Waals surface area contributed by atoms with Gasteiger partial charge in [0.1, 0.15) is 0 Å². The number of fused-ring (bicyclic) bond motifs is 5. The molecule has 96 valence electrons. The molecule has 0 aliphatic carbocycles. The van der Waals surface area contributed by atoms with E-state index < -0.39 is 0 Å². The second kappa shape index (κ2) is 4.35. The third kappa shape index (κ3) is 1.61. The van der Waals surface area contributed by atoms with E-state index in [-0.39, 0.29) is 0 Å². The first-order valence-corrected chi connectivity index (χ1v) is 7.62. The summed E-state index contributed by atoms with van der Waals surface area (Å²) in [5.41, 5.74) is 7.10. The van der Waals surface area contributed by atoms with E-state index in [0.29, 0.717) is 0 Å². The predicted molar refractivity (Wildman–Crippen MR) is 96.1 cm³/mol. The molecule has 0 amide bonds. The summed E-state index contributed by atoms with van der Waals surface area (Å²) < 4.78 is 1.28. The SMILES string of the molecule is Nc1cc2c3ccccc3c(I)cc2c2ccccc12. The molecule has 0 aliphatic rings. The molecule has 0 unspecified atom stereocenters. The van der Waals surface area contributed by atoms with Crippen LogP contribution in [0.1, 0.15) is 0 Å². The largest absolute Gasteiger partial charge is 0.398 e. The van der Waals surface area contributed by atoms with Crippen molar-refractivity contribution < 1.29 is 0 Å². The lowest BCUT2D eigenvalue weighted by Gasteiger charge is -2.11. The van der Waals surface area contributed by atoms with E-state index in [1.54, 1.807) is 0 Å². The quantitative estimate of drug-likeness (QED) is 0.253. The average molecular weight is 369 g/mol. The molecule has 2 heteroatoms. The summed E-state index contributed by atoms with van der Waals surface area (Å²) in [6, 6.07) is 21.2. The maximum Gasteiger partial charge on any atom is 0.0400 e. The van der Waals surface area contributed by atoms with Gasteiger partial charge >= 0.3 is 0 Å². The second-order valence-electron chi connectivity index (χ2n) is 5.01. The van der Waals surface area contributed by atoms with E-state index in [0.717, 1.165) is 11.1 Å². The summed E-state index contributed by atoms with van der Waals surface area (Å²) in [7, 11) is 0. The Hall–Kier alpha value is -1.81. The summed E-state index contributed by atoms with van der Waals surface area (Å²) in [5, 5.41) is 7.43. The second-order valence-corrected chi connectivity index (χ2v) is 6.17. The molecule has 0 bridgehead atoms. The van der Waals surface area contributed by atoms with Gasteiger partial charge in [-0.25, -0.2) is 0 Å². The first-order valence-electron chi connectivity index (χ1n) is 6.54. The summed E-state index contributed by atoms with van der Waals surface area (Å²) in [6.45, 7) is 0. The van der Waals surface area contributed by atoms with Crippen LogP contribution in [0.25, 0.3) is 32.3 Å². The van der Waals surface area contributed by atoms with Gasteiger partial charge in [0, 0.05) is 14.6 Å². The average Bonchev–Trinajstić information content (AvgIpc) is 2.49. The Morgan fingerprint density at radius 2 is 1.10 bits per heavy atom. The summed E-state index contributed by atoms with van der Waals surface area (Å²) in [4.78, 5) is 0. The maximum atomic E-state index is 6.25. The monoisotopic (exact) mass is 369 g/mol. The molecule has 4 rings (SSSR count). The van der Waals surface area contributed by atoms with Crippen LogP contribution >= 0.6 is 22.6 Å². The van der Waals surface area contributed by atoms with Crippen molar-refractivity contribution in [3.8, 4) is 0 Å². The molecule has 0 heterocycles. The van der Waals surface area contributed by atoms with Crippen LogP contribution in [-0.2, 0) is 0 Å². The lowest BCUT2D eigenvalue weighted by Crippen LogP contribution is -1.90. The van der Waals surface area contributed by atoms with Gasteiger partial charge in [0.05, 0.1) is 0 Å². The lowest BCUT2D eigenvalue weighted by atomic mass is 9.96. The van der Waals surface area contributed by atoms with E-state index >= 15 is 0 Å². The van der Waals surface area contributed by atoms with Crippen LogP contribution in [0.3, 0.4) is 0 Å². The van der Waals surface area contributed by atoms with Crippen LogP contribution in [-0.4, -0.2) is 0 Å². The van der Waals surface area contributed by atoms with E-state index in [2.05, 4.69) is 77.2 Å². The van der Waals surface area contributed by atoms with E-state index in [1.165, 1.54) is 30.5 Å². The minimum Gasteiger partial charge on any atom is -0.398 e. The van der Waals surface area contributed by atoms with Crippen molar-refractivity contribution in [1.29, 1.82) is 0 Å². The third-order valence-corrected chi connectivity index (χ3v) is 4.76. The van der Waals surface area contributed by atoms with Gasteiger partial charge in [-0.3, -0.25) is 0 Å². The number of anilines is 1. The molecule has 0 radical (unpaired) electrons. The molecule has 2 N–H and O–H groups in total. The van der Waals surface area contributed by atoms with Crippen LogP contribution in [0.5, 0.6) is 0 Å². The highest BCUT2D eigenvalue weighted by Crippen LogP contribution is 2.36. The van der Waals surface area contributed by atoms with Crippen LogP contribution in [0, 0.1) is 3.57 Å². The first-order chi connectivity index (χ1) is 9.75. The molecule has 0 saturated heterocycles. The molecule has 0 atom stereocenters. The zero-order valence-electron chi connectivity index (χ0n) is 10.7. The van der Waals surface area contributed by atoms with Gasteiger partial charge in [0.15, 0.2) is 0 Å². The summed E-state index contributed by atoms with van der Waals surface area (Å²) in [6.07, 6.45) is 0. The molecule has 0 aliphatic heterocycles. The van der Waals surface area contributed by atoms with E-state index in [4.69, 9.17) is 5.73 Å². The Morgan fingerprint density at radius 1 is 0.600 bits per heavy atom. The molecule has 0 fully saturated rings. The smallest absolute Gasteiger partial charge is 0.0400 e. The molecular weight excluding hydrogens is 357 g/mol. The Labute approximate surface area is 130 Å². The lowest BCUT2D eigenvalue weighted by molar-refractivity contribution is 1.74. The fourth-order valence-electron chi connectivity index (χ4n) is 2.93.